The molecule has 4 nitrogen and oxygen atoms in total. The minimum atomic E-state index is -0.0521. The van der Waals surface area contributed by atoms with E-state index in [1.807, 2.05) is 12.1 Å². The van der Waals surface area contributed by atoms with E-state index in [1.165, 1.54) is 18.4 Å². The zero-order chi connectivity index (χ0) is 14.9. The third kappa shape index (κ3) is 5.38. The van der Waals surface area contributed by atoms with E-state index in [9.17, 15) is 4.79 Å². The molecule has 2 N–H and O–H groups in total. The van der Waals surface area contributed by atoms with Gasteiger partial charge in [0.05, 0.1) is 12.6 Å². The Labute approximate surface area is 127 Å². The molecule has 0 aliphatic carbocycles. The van der Waals surface area contributed by atoms with Gasteiger partial charge in [0.1, 0.15) is 5.75 Å². The van der Waals surface area contributed by atoms with Crippen LogP contribution >= 0.6 is 0 Å². The second kappa shape index (κ2) is 8.67. The zero-order valence-corrected chi connectivity index (χ0v) is 12.9. The Bertz CT molecular complexity index is 431. The van der Waals surface area contributed by atoms with Gasteiger partial charge in [0, 0.05) is 13.1 Å². The third-order valence-electron chi connectivity index (χ3n) is 3.78. The summed E-state index contributed by atoms with van der Waals surface area (Å²) in [5.41, 5.74) is 1.18. The Balaban J connectivity index is 1.73. The molecule has 4 heteroatoms. The lowest BCUT2D eigenvalue weighted by Gasteiger charge is -2.22. The molecule has 1 unspecified atom stereocenters. The molecular weight excluding hydrogens is 264 g/mol. The first-order chi connectivity index (χ1) is 10.3. The minimum Gasteiger partial charge on any atom is -0.494 e. The standard InChI is InChI=1S/C17H26N2O2/c1-2-3-4-12-21-15-9-7-14(8-10-15)13-19-16-6-5-11-18-17(16)20/h7-10,16,19H,2-6,11-13H2,1H3,(H,18,20). The molecule has 0 radical (unpaired) electrons. The number of nitrogens with one attached hydrogen (secondary N) is 2. The fourth-order valence-electron chi connectivity index (χ4n) is 2.45. The van der Waals surface area contributed by atoms with Gasteiger partial charge in [-0.25, -0.2) is 0 Å². The van der Waals surface area contributed by atoms with Gasteiger partial charge in [-0.2, -0.15) is 0 Å². The first kappa shape index (κ1) is 15.8. The molecule has 21 heavy (non-hydrogen) atoms. The van der Waals surface area contributed by atoms with Crippen molar-refractivity contribution in [3.63, 3.8) is 0 Å². The van der Waals surface area contributed by atoms with Crippen molar-refractivity contribution in [2.45, 2.75) is 51.6 Å². The second-order valence-electron chi connectivity index (χ2n) is 5.57. The molecule has 0 spiro atoms. The van der Waals surface area contributed by atoms with Crippen molar-refractivity contribution in [2.24, 2.45) is 0 Å². The van der Waals surface area contributed by atoms with Gasteiger partial charge in [-0.05, 0) is 37.0 Å². The molecule has 0 aromatic heterocycles. The van der Waals surface area contributed by atoms with Crippen LogP contribution in [-0.4, -0.2) is 25.1 Å². The summed E-state index contributed by atoms with van der Waals surface area (Å²) in [6, 6.07) is 8.07. The zero-order valence-electron chi connectivity index (χ0n) is 12.9. The van der Waals surface area contributed by atoms with Crippen LogP contribution in [0.1, 0.15) is 44.6 Å². The van der Waals surface area contributed by atoms with E-state index in [0.717, 1.165) is 38.2 Å². The molecule has 1 saturated heterocycles. The van der Waals surface area contributed by atoms with E-state index in [0.29, 0.717) is 6.54 Å². The SMILES string of the molecule is CCCCCOc1ccc(CNC2CCCNC2=O)cc1. The summed E-state index contributed by atoms with van der Waals surface area (Å²) in [6.07, 6.45) is 5.50. The molecule has 1 amide bonds. The Morgan fingerprint density at radius 1 is 1.29 bits per heavy atom. The lowest BCUT2D eigenvalue weighted by atomic mass is 10.1. The highest BCUT2D eigenvalue weighted by Crippen LogP contribution is 2.13. The first-order valence-electron chi connectivity index (χ1n) is 8.02. The summed E-state index contributed by atoms with van der Waals surface area (Å²) in [7, 11) is 0. The Kier molecular flexibility index (Phi) is 6.54. The quantitative estimate of drug-likeness (QED) is 0.724. The summed E-state index contributed by atoms with van der Waals surface area (Å²) in [5, 5.41) is 6.20. The van der Waals surface area contributed by atoms with Crippen molar-refractivity contribution >= 4 is 5.91 Å². The van der Waals surface area contributed by atoms with E-state index in [1.54, 1.807) is 0 Å². The highest BCUT2D eigenvalue weighted by Gasteiger charge is 2.20. The summed E-state index contributed by atoms with van der Waals surface area (Å²) >= 11 is 0. The number of rotatable bonds is 8. The van der Waals surface area contributed by atoms with Crippen molar-refractivity contribution in [2.75, 3.05) is 13.2 Å². The molecule has 1 fully saturated rings. The van der Waals surface area contributed by atoms with Crippen LogP contribution in [0.4, 0.5) is 0 Å². The van der Waals surface area contributed by atoms with Crippen molar-refractivity contribution in [1.82, 2.24) is 10.6 Å². The highest BCUT2D eigenvalue weighted by atomic mass is 16.5. The largest absolute Gasteiger partial charge is 0.494 e. The van der Waals surface area contributed by atoms with Gasteiger partial charge < -0.3 is 15.4 Å². The molecule has 0 bridgehead atoms. The summed E-state index contributed by atoms with van der Waals surface area (Å²) < 4.78 is 5.69. The van der Waals surface area contributed by atoms with Crippen molar-refractivity contribution in [1.29, 1.82) is 0 Å². The number of carbonyl (C=O) groups is 1. The highest BCUT2D eigenvalue weighted by molar-refractivity contribution is 5.82. The van der Waals surface area contributed by atoms with Gasteiger partial charge >= 0.3 is 0 Å². The van der Waals surface area contributed by atoms with Crippen LogP contribution in [0.3, 0.4) is 0 Å². The Morgan fingerprint density at radius 2 is 2.10 bits per heavy atom. The van der Waals surface area contributed by atoms with Crippen molar-refractivity contribution in [3.05, 3.63) is 29.8 Å². The fraction of sp³-hybridized carbons (Fsp3) is 0.588. The lowest BCUT2D eigenvalue weighted by molar-refractivity contribution is -0.124. The van der Waals surface area contributed by atoms with E-state index < -0.39 is 0 Å². The van der Waals surface area contributed by atoms with Crippen LogP contribution < -0.4 is 15.4 Å². The number of ether oxygens (including phenoxy) is 1. The number of amides is 1. The molecular formula is C17H26N2O2. The predicted molar refractivity (Wildman–Crippen MR) is 84.3 cm³/mol. The lowest BCUT2D eigenvalue weighted by Crippen LogP contribution is -2.47. The summed E-state index contributed by atoms with van der Waals surface area (Å²) in [5.74, 6) is 1.04. The summed E-state index contributed by atoms with van der Waals surface area (Å²) in [6.45, 7) is 4.50. The number of piperidine rings is 1. The number of unbranched alkanes of at least 4 members (excludes halogenated alkanes) is 2. The molecule has 1 aliphatic rings. The van der Waals surface area contributed by atoms with Crippen molar-refractivity contribution < 1.29 is 9.53 Å². The van der Waals surface area contributed by atoms with Gasteiger partial charge in [-0.1, -0.05) is 31.9 Å². The number of hydrogen-bond acceptors (Lipinski definition) is 3. The van der Waals surface area contributed by atoms with E-state index in [-0.39, 0.29) is 11.9 Å². The van der Waals surface area contributed by atoms with Gasteiger partial charge in [-0.3, -0.25) is 4.79 Å². The molecule has 2 rings (SSSR count). The minimum absolute atomic E-state index is 0.0521. The molecule has 1 aromatic rings. The van der Waals surface area contributed by atoms with Crippen LogP contribution in [0.15, 0.2) is 24.3 Å². The molecule has 1 atom stereocenters. The molecule has 1 aromatic carbocycles. The number of hydrogen-bond donors (Lipinski definition) is 2. The maximum atomic E-state index is 11.6. The van der Waals surface area contributed by atoms with Gasteiger partial charge in [-0.15, -0.1) is 0 Å². The topological polar surface area (TPSA) is 50.4 Å². The monoisotopic (exact) mass is 290 g/mol. The van der Waals surface area contributed by atoms with Crippen molar-refractivity contribution in [3.8, 4) is 5.75 Å². The van der Waals surface area contributed by atoms with Crippen LogP contribution in [0.25, 0.3) is 0 Å². The van der Waals surface area contributed by atoms with Gasteiger partial charge in [0.15, 0.2) is 0 Å². The van der Waals surface area contributed by atoms with Gasteiger partial charge in [0.25, 0.3) is 0 Å². The number of carbonyl (C=O) groups excluding carboxylic acids is 1. The average Bonchev–Trinajstić information content (AvgIpc) is 2.52. The predicted octanol–water partition coefficient (Wildman–Crippen LogP) is 2.62. The number of benzene rings is 1. The Hall–Kier alpha value is -1.55. The summed E-state index contributed by atoms with van der Waals surface area (Å²) in [4.78, 5) is 11.6. The van der Waals surface area contributed by atoms with Crippen LogP contribution in [0.5, 0.6) is 5.75 Å². The van der Waals surface area contributed by atoms with Crippen LogP contribution in [-0.2, 0) is 11.3 Å². The van der Waals surface area contributed by atoms with Crippen LogP contribution in [0, 0.1) is 0 Å². The molecule has 116 valence electrons. The smallest absolute Gasteiger partial charge is 0.237 e. The molecule has 1 heterocycles. The Morgan fingerprint density at radius 3 is 2.81 bits per heavy atom. The second-order valence-corrected chi connectivity index (χ2v) is 5.57. The molecule has 0 saturated carbocycles. The molecule has 1 aliphatic heterocycles. The van der Waals surface area contributed by atoms with E-state index >= 15 is 0 Å². The maximum Gasteiger partial charge on any atom is 0.237 e. The normalized spacial score (nSPS) is 18.3. The third-order valence-corrected chi connectivity index (χ3v) is 3.78. The van der Waals surface area contributed by atoms with E-state index in [4.69, 9.17) is 4.74 Å². The van der Waals surface area contributed by atoms with Gasteiger partial charge in [0.2, 0.25) is 5.91 Å². The van der Waals surface area contributed by atoms with E-state index in [2.05, 4.69) is 29.7 Å². The average molecular weight is 290 g/mol. The van der Waals surface area contributed by atoms with Crippen LogP contribution in [0.2, 0.25) is 0 Å². The fourth-order valence-corrected chi connectivity index (χ4v) is 2.45. The first-order valence-corrected chi connectivity index (χ1v) is 8.02. The maximum absolute atomic E-state index is 11.6.